The van der Waals surface area contributed by atoms with Gasteiger partial charge in [0.1, 0.15) is 9.84 Å². The summed E-state index contributed by atoms with van der Waals surface area (Å²) in [6.45, 7) is 0.712. The zero-order valence-corrected chi connectivity index (χ0v) is 16.6. The Hall–Kier alpha value is -1.80. The summed E-state index contributed by atoms with van der Waals surface area (Å²) in [6, 6.07) is 6.87. The molecule has 0 unspecified atom stereocenters. The summed E-state index contributed by atoms with van der Waals surface area (Å²) >= 11 is 5.95. The average Bonchev–Trinajstić information content (AvgIpc) is 3.06. The number of benzene rings is 1. The number of likely N-dealkylation sites (tertiary alicyclic amines) is 1. The molecule has 148 valence electrons. The smallest absolute Gasteiger partial charge is 0.407 e. The predicted molar refractivity (Wildman–Crippen MR) is 102 cm³/mol. The molecule has 0 radical (unpaired) electrons. The fourth-order valence-corrected chi connectivity index (χ4v) is 5.55. The number of halogens is 1. The number of likely N-dealkylation sites (N-methyl/N-ethyl adjacent to an activating group) is 1. The second-order valence-corrected chi connectivity index (χ2v) is 10.0. The van der Waals surface area contributed by atoms with E-state index < -0.39 is 15.9 Å². The number of sulfone groups is 1. The van der Waals surface area contributed by atoms with Crippen LogP contribution in [0.1, 0.15) is 24.3 Å². The van der Waals surface area contributed by atoms with Gasteiger partial charge in [0.2, 0.25) is 5.91 Å². The molecule has 0 spiro atoms. The first-order chi connectivity index (χ1) is 12.7. The lowest BCUT2D eigenvalue weighted by molar-refractivity contribution is -0.134. The maximum atomic E-state index is 12.9. The second kappa shape index (κ2) is 7.67. The molecule has 1 aromatic rings. The molecule has 3 rings (SSSR count). The van der Waals surface area contributed by atoms with Crippen LogP contribution >= 0.6 is 11.6 Å². The predicted octanol–water partition coefficient (Wildman–Crippen LogP) is 2.07. The van der Waals surface area contributed by atoms with Crippen LogP contribution in [0.4, 0.5) is 4.79 Å². The fourth-order valence-electron chi connectivity index (χ4n) is 3.93. The summed E-state index contributed by atoms with van der Waals surface area (Å²) in [7, 11) is -1.52. The summed E-state index contributed by atoms with van der Waals surface area (Å²) in [5.74, 6) is -0.467. The number of hydrogen-bond acceptors (Lipinski definition) is 4. The molecular weight excluding hydrogens is 392 g/mol. The fraction of sp³-hybridized carbons (Fsp3) is 0.556. The van der Waals surface area contributed by atoms with Crippen molar-refractivity contribution >= 4 is 33.4 Å². The van der Waals surface area contributed by atoms with Crippen molar-refractivity contribution in [3.05, 3.63) is 34.9 Å². The van der Waals surface area contributed by atoms with Gasteiger partial charge >= 0.3 is 6.09 Å². The second-order valence-electron chi connectivity index (χ2n) is 7.29. The van der Waals surface area contributed by atoms with Gasteiger partial charge in [0, 0.05) is 37.0 Å². The van der Waals surface area contributed by atoms with Crippen LogP contribution in [0.25, 0.3) is 0 Å². The third-order valence-electron chi connectivity index (χ3n) is 5.60. The molecule has 9 heteroatoms. The van der Waals surface area contributed by atoms with Crippen molar-refractivity contribution in [2.24, 2.45) is 5.92 Å². The first-order valence-corrected chi connectivity index (χ1v) is 11.1. The molecule has 0 saturated carbocycles. The Balaban J connectivity index is 1.79. The summed E-state index contributed by atoms with van der Waals surface area (Å²) < 4.78 is 23.2. The minimum absolute atomic E-state index is 0.0380. The first-order valence-electron chi connectivity index (χ1n) is 8.88. The summed E-state index contributed by atoms with van der Waals surface area (Å²) in [5.41, 5.74) is 0.930. The normalized spacial score (nSPS) is 25.3. The maximum absolute atomic E-state index is 12.9. The van der Waals surface area contributed by atoms with E-state index in [2.05, 4.69) is 0 Å². The Labute approximate surface area is 163 Å². The monoisotopic (exact) mass is 414 g/mol. The van der Waals surface area contributed by atoms with Gasteiger partial charge in [-0.25, -0.2) is 13.2 Å². The van der Waals surface area contributed by atoms with Gasteiger partial charge in [0.05, 0.1) is 17.5 Å². The van der Waals surface area contributed by atoms with E-state index in [1.54, 1.807) is 17.0 Å². The van der Waals surface area contributed by atoms with Crippen LogP contribution in [0.3, 0.4) is 0 Å². The number of carboxylic acid groups (broad SMARTS) is 1. The molecule has 7 nitrogen and oxygen atoms in total. The number of nitrogens with zero attached hydrogens (tertiary/aromatic N) is 2. The van der Waals surface area contributed by atoms with Gasteiger partial charge in [0.15, 0.2) is 0 Å². The van der Waals surface area contributed by atoms with E-state index in [-0.39, 0.29) is 35.3 Å². The molecule has 0 bridgehead atoms. The van der Waals surface area contributed by atoms with Gasteiger partial charge in [-0.1, -0.05) is 23.7 Å². The molecule has 2 heterocycles. The molecule has 0 aromatic heterocycles. The summed E-state index contributed by atoms with van der Waals surface area (Å²) in [4.78, 5) is 27.4. The van der Waals surface area contributed by atoms with E-state index in [9.17, 15) is 23.1 Å². The maximum Gasteiger partial charge on any atom is 0.407 e. The van der Waals surface area contributed by atoms with Gasteiger partial charge in [-0.3, -0.25) is 4.79 Å². The van der Waals surface area contributed by atoms with Gasteiger partial charge in [-0.2, -0.15) is 0 Å². The Morgan fingerprint density at radius 1 is 1.15 bits per heavy atom. The summed E-state index contributed by atoms with van der Waals surface area (Å²) in [6.07, 6.45) is -0.372. The van der Waals surface area contributed by atoms with E-state index in [0.717, 1.165) is 5.56 Å². The van der Waals surface area contributed by atoms with Crippen LogP contribution in [0, 0.1) is 5.92 Å². The molecule has 2 fully saturated rings. The Morgan fingerprint density at radius 2 is 1.74 bits per heavy atom. The number of carbonyl (C=O) groups is 2. The molecular formula is C18H23ClN2O5S. The van der Waals surface area contributed by atoms with Gasteiger partial charge in [0.25, 0.3) is 0 Å². The zero-order chi connectivity index (χ0) is 19.8. The Morgan fingerprint density at radius 3 is 2.30 bits per heavy atom. The van der Waals surface area contributed by atoms with Crippen molar-refractivity contribution in [2.45, 2.75) is 24.8 Å². The lowest BCUT2D eigenvalue weighted by Gasteiger charge is -2.27. The lowest BCUT2D eigenvalue weighted by Crippen LogP contribution is -2.42. The highest BCUT2D eigenvalue weighted by Crippen LogP contribution is 2.33. The third kappa shape index (κ3) is 4.38. The number of amides is 2. The van der Waals surface area contributed by atoms with Gasteiger partial charge in [-0.15, -0.1) is 0 Å². The van der Waals surface area contributed by atoms with Crippen LogP contribution < -0.4 is 0 Å². The van der Waals surface area contributed by atoms with Crippen LogP contribution in [0.2, 0.25) is 5.02 Å². The molecule has 2 amide bonds. The SMILES string of the molecule is CN(C(=O)O)[C@@H]1CN(C(=O)C2CCS(=O)(=O)CC2)C[C@H]1c1ccc(Cl)cc1. The van der Waals surface area contributed by atoms with E-state index in [0.29, 0.717) is 31.0 Å². The molecule has 2 aliphatic rings. The van der Waals surface area contributed by atoms with E-state index in [1.165, 1.54) is 11.9 Å². The van der Waals surface area contributed by atoms with Crippen LogP contribution in [-0.4, -0.2) is 73.0 Å². The van der Waals surface area contributed by atoms with Crippen molar-refractivity contribution in [3.63, 3.8) is 0 Å². The highest BCUT2D eigenvalue weighted by atomic mass is 35.5. The van der Waals surface area contributed by atoms with Crippen molar-refractivity contribution in [1.29, 1.82) is 0 Å². The number of rotatable bonds is 3. The quantitative estimate of drug-likeness (QED) is 0.816. The molecule has 2 saturated heterocycles. The van der Waals surface area contributed by atoms with Crippen molar-refractivity contribution in [1.82, 2.24) is 9.80 Å². The standard InChI is InChI=1S/C18H23ClN2O5S/c1-20(18(23)24)16-11-21(10-15(16)12-2-4-14(19)5-3-12)17(22)13-6-8-27(25,26)9-7-13/h2-5,13,15-16H,6-11H2,1H3,(H,23,24)/t15-,16+/m0/s1. The topological polar surface area (TPSA) is 95.0 Å². The third-order valence-corrected chi connectivity index (χ3v) is 7.57. The highest BCUT2D eigenvalue weighted by molar-refractivity contribution is 7.91. The zero-order valence-electron chi connectivity index (χ0n) is 15.0. The van der Waals surface area contributed by atoms with Gasteiger partial charge in [-0.05, 0) is 30.5 Å². The van der Waals surface area contributed by atoms with Crippen LogP contribution in [-0.2, 0) is 14.6 Å². The Bertz CT molecular complexity index is 813. The lowest BCUT2D eigenvalue weighted by atomic mass is 9.93. The van der Waals surface area contributed by atoms with Crippen molar-refractivity contribution in [3.8, 4) is 0 Å². The summed E-state index contributed by atoms with van der Waals surface area (Å²) in [5, 5.41) is 10.0. The average molecular weight is 415 g/mol. The van der Waals surface area contributed by atoms with Crippen molar-refractivity contribution < 1.29 is 23.1 Å². The first kappa shape index (κ1) is 19.9. The minimum Gasteiger partial charge on any atom is -0.465 e. The van der Waals surface area contributed by atoms with Crippen LogP contribution in [0.5, 0.6) is 0 Å². The molecule has 1 aromatic carbocycles. The van der Waals surface area contributed by atoms with Gasteiger partial charge < -0.3 is 14.9 Å². The number of hydrogen-bond donors (Lipinski definition) is 1. The molecule has 1 N–H and O–H groups in total. The van der Waals surface area contributed by atoms with Crippen molar-refractivity contribution in [2.75, 3.05) is 31.6 Å². The largest absolute Gasteiger partial charge is 0.465 e. The number of carbonyl (C=O) groups excluding carboxylic acids is 1. The van der Waals surface area contributed by atoms with E-state index in [1.807, 2.05) is 12.1 Å². The Kier molecular flexibility index (Phi) is 5.67. The van der Waals surface area contributed by atoms with Crippen LogP contribution in [0.15, 0.2) is 24.3 Å². The molecule has 0 aliphatic carbocycles. The molecule has 27 heavy (non-hydrogen) atoms. The minimum atomic E-state index is -3.04. The van der Waals surface area contributed by atoms with E-state index in [4.69, 9.17) is 11.6 Å². The van der Waals surface area contributed by atoms with E-state index >= 15 is 0 Å². The molecule has 2 atom stereocenters. The highest BCUT2D eigenvalue weighted by Gasteiger charge is 2.42. The molecule has 2 aliphatic heterocycles.